The molecule has 1 aliphatic heterocycles. The minimum Gasteiger partial charge on any atom is -0.393 e. The van der Waals surface area contributed by atoms with Gasteiger partial charge in [0, 0.05) is 13.1 Å². The summed E-state index contributed by atoms with van der Waals surface area (Å²) in [5.41, 5.74) is 6.50. The lowest BCUT2D eigenvalue weighted by Gasteiger charge is -2.32. The first-order valence-electron chi connectivity index (χ1n) is 6.22. The topological polar surface area (TPSA) is 61.8 Å². The maximum Gasteiger partial charge on any atom is 0.151 e. The highest BCUT2D eigenvalue weighted by Crippen LogP contribution is 2.33. The fourth-order valence-electron chi connectivity index (χ4n) is 2.15. The van der Waals surface area contributed by atoms with Crippen LogP contribution < -0.4 is 10.6 Å². The van der Waals surface area contributed by atoms with E-state index in [4.69, 9.17) is 17.3 Å². The molecular formula is C13H17ClFN3O. The van der Waals surface area contributed by atoms with Crippen LogP contribution >= 0.6 is 11.6 Å². The van der Waals surface area contributed by atoms with Crippen LogP contribution in [0.1, 0.15) is 12.8 Å². The average molecular weight is 286 g/mol. The Bertz CT molecular complexity index is 473. The van der Waals surface area contributed by atoms with Gasteiger partial charge in [-0.15, -0.1) is 11.6 Å². The van der Waals surface area contributed by atoms with Crippen LogP contribution in [-0.4, -0.2) is 36.0 Å². The van der Waals surface area contributed by atoms with Gasteiger partial charge in [-0.3, -0.25) is 0 Å². The minimum absolute atomic E-state index is 0.0620. The highest BCUT2D eigenvalue weighted by molar-refractivity contribution is 6.28. The number of rotatable bonds is 3. The zero-order valence-corrected chi connectivity index (χ0v) is 11.3. The number of nitrogens with two attached hydrogens (primary N) is 1. The molecule has 1 saturated heterocycles. The molecule has 1 aliphatic rings. The molecule has 19 heavy (non-hydrogen) atoms. The van der Waals surface area contributed by atoms with Crippen LogP contribution in [0.3, 0.4) is 0 Å². The number of benzene rings is 1. The van der Waals surface area contributed by atoms with Gasteiger partial charge in [0.2, 0.25) is 0 Å². The van der Waals surface area contributed by atoms with E-state index in [2.05, 4.69) is 4.99 Å². The lowest BCUT2D eigenvalue weighted by molar-refractivity contribution is 0.145. The number of anilines is 1. The van der Waals surface area contributed by atoms with Crippen molar-refractivity contribution in [2.45, 2.75) is 18.9 Å². The van der Waals surface area contributed by atoms with Crippen molar-refractivity contribution in [1.29, 1.82) is 0 Å². The second-order valence-electron chi connectivity index (χ2n) is 4.56. The molecule has 0 unspecified atom stereocenters. The van der Waals surface area contributed by atoms with Crippen molar-refractivity contribution in [3.8, 4) is 0 Å². The standard InChI is InChI=1S/C13H17ClFN3O/c14-8-12(16)17-13-10(15)2-1-3-11(13)18-6-4-9(19)5-7-18/h1-3,9,19H,4-8H2,(H2,16,17). The van der Waals surface area contributed by atoms with Crippen LogP contribution in [0.4, 0.5) is 15.8 Å². The van der Waals surface area contributed by atoms with E-state index < -0.39 is 5.82 Å². The van der Waals surface area contributed by atoms with Crippen molar-refractivity contribution in [3.05, 3.63) is 24.0 Å². The zero-order chi connectivity index (χ0) is 13.8. The fraction of sp³-hybridized carbons (Fsp3) is 0.462. The summed E-state index contributed by atoms with van der Waals surface area (Å²) in [4.78, 5) is 6.06. The number of aliphatic hydroxyl groups excluding tert-OH is 1. The summed E-state index contributed by atoms with van der Waals surface area (Å²) in [6, 6.07) is 4.80. The highest BCUT2D eigenvalue weighted by Gasteiger charge is 2.20. The number of hydrogen-bond donors (Lipinski definition) is 2. The van der Waals surface area contributed by atoms with E-state index in [0.717, 1.165) is 0 Å². The van der Waals surface area contributed by atoms with Crippen molar-refractivity contribution >= 4 is 28.8 Å². The summed E-state index contributed by atoms with van der Waals surface area (Å²) < 4.78 is 13.9. The molecule has 1 heterocycles. The van der Waals surface area contributed by atoms with Gasteiger partial charge in [-0.2, -0.15) is 0 Å². The number of hydrogen-bond acceptors (Lipinski definition) is 3. The molecule has 104 valence electrons. The number of para-hydroxylation sites is 1. The van der Waals surface area contributed by atoms with Crippen LogP contribution in [0.15, 0.2) is 23.2 Å². The predicted molar refractivity (Wildman–Crippen MR) is 75.9 cm³/mol. The summed E-state index contributed by atoms with van der Waals surface area (Å²) in [5.74, 6) is -0.172. The first-order valence-corrected chi connectivity index (χ1v) is 6.75. The minimum atomic E-state index is -0.420. The molecule has 0 saturated carbocycles. The molecule has 0 bridgehead atoms. The second kappa shape index (κ2) is 6.21. The Morgan fingerprint density at radius 2 is 2.16 bits per heavy atom. The Balaban J connectivity index is 2.32. The summed E-state index contributed by atoms with van der Waals surface area (Å²) in [5, 5.41) is 9.52. The van der Waals surface area contributed by atoms with Crippen LogP contribution in [0.5, 0.6) is 0 Å². The van der Waals surface area contributed by atoms with E-state index >= 15 is 0 Å². The number of piperidine rings is 1. The third-order valence-corrected chi connectivity index (χ3v) is 3.44. The summed E-state index contributed by atoms with van der Waals surface area (Å²) in [6.07, 6.45) is 1.07. The Morgan fingerprint density at radius 3 is 2.79 bits per heavy atom. The molecule has 1 aromatic carbocycles. The van der Waals surface area contributed by atoms with Crippen LogP contribution in [0, 0.1) is 5.82 Å². The molecule has 0 aliphatic carbocycles. The largest absolute Gasteiger partial charge is 0.393 e. The van der Waals surface area contributed by atoms with Crippen molar-refractivity contribution in [2.24, 2.45) is 10.7 Å². The van der Waals surface area contributed by atoms with Gasteiger partial charge in [-0.25, -0.2) is 9.38 Å². The van der Waals surface area contributed by atoms with Gasteiger partial charge in [0.15, 0.2) is 5.82 Å². The zero-order valence-electron chi connectivity index (χ0n) is 10.5. The normalized spacial score (nSPS) is 17.8. The van der Waals surface area contributed by atoms with Crippen LogP contribution in [0.2, 0.25) is 0 Å². The van der Waals surface area contributed by atoms with E-state index in [1.54, 1.807) is 12.1 Å². The molecule has 0 spiro atoms. The third kappa shape index (κ3) is 3.36. The lowest BCUT2D eigenvalue weighted by atomic mass is 10.1. The molecule has 0 radical (unpaired) electrons. The number of amidine groups is 1. The Kier molecular flexibility index (Phi) is 4.61. The van der Waals surface area contributed by atoms with Crippen molar-refractivity contribution < 1.29 is 9.50 Å². The molecule has 3 N–H and O–H groups in total. The average Bonchev–Trinajstić information content (AvgIpc) is 2.42. The van der Waals surface area contributed by atoms with Gasteiger partial charge in [0.05, 0.1) is 17.7 Å². The summed E-state index contributed by atoms with van der Waals surface area (Å²) in [7, 11) is 0. The smallest absolute Gasteiger partial charge is 0.151 e. The Hall–Kier alpha value is -1.33. The van der Waals surface area contributed by atoms with E-state index in [-0.39, 0.29) is 23.5 Å². The first kappa shape index (κ1) is 14.1. The third-order valence-electron chi connectivity index (χ3n) is 3.16. The molecule has 1 aromatic rings. The number of alkyl halides is 1. The van der Waals surface area contributed by atoms with E-state index in [9.17, 15) is 9.50 Å². The molecule has 6 heteroatoms. The van der Waals surface area contributed by atoms with Crippen molar-refractivity contribution in [3.63, 3.8) is 0 Å². The quantitative estimate of drug-likeness (QED) is 0.507. The van der Waals surface area contributed by atoms with Crippen LogP contribution in [0.25, 0.3) is 0 Å². The maximum absolute atomic E-state index is 13.9. The number of nitrogens with zero attached hydrogens (tertiary/aromatic N) is 2. The Morgan fingerprint density at radius 1 is 1.47 bits per heavy atom. The second-order valence-corrected chi connectivity index (χ2v) is 4.83. The van der Waals surface area contributed by atoms with Gasteiger partial charge < -0.3 is 15.7 Å². The van der Waals surface area contributed by atoms with Gasteiger partial charge >= 0.3 is 0 Å². The van der Waals surface area contributed by atoms with E-state index in [0.29, 0.717) is 31.6 Å². The van der Waals surface area contributed by atoms with Crippen molar-refractivity contribution in [1.82, 2.24) is 0 Å². The van der Waals surface area contributed by atoms with Gasteiger partial charge in [0.1, 0.15) is 11.5 Å². The maximum atomic E-state index is 13.9. The first-order chi connectivity index (χ1) is 9.11. The summed E-state index contributed by atoms with van der Waals surface area (Å²) >= 11 is 5.59. The summed E-state index contributed by atoms with van der Waals surface area (Å²) in [6.45, 7) is 1.35. The molecule has 4 nitrogen and oxygen atoms in total. The monoisotopic (exact) mass is 285 g/mol. The SMILES string of the molecule is NC(CCl)=Nc1c(F)cccc1N1CCC(O)CC1. The number of aliphatic imine (C=N–C) groups is 1. The van der Waals surface area contributed by atoms with Gasteiger partial charge in [-0.1, -0.05) is 6.07 Å². The highest BCUT2D eigenvalue weighted by atomic mass is 35.5. The molecular weight excluding hydrogens is 269 g/mol. The van der Waals surface area contributed by atoms with Gasteiger partial charge in [-0.05, 0) is 25.0 Å². The molecule has 0 amide bonds. The lowest BCUT2D eigenvalue weighted by Crippen LogP contribution is -2.35. The van der Waals surface area contributed by atoms with E-state index in [1.807, 2.05) is 4.90 Å². The van der Waals surface area contributed by atoms with Gasteiger partial charge in [0.25, 0.3) is 0 Å². The molecule has 1 fully saturated rings. The van der Waals surface area contributed by atoms with E-state index in [1.165, 1.54) is 6.07 Å². The Labute approximate surface area is 116 Å². The molecule has 0 atom stereocenters. The number of aliphatic hydroxyl groups is 1. The molecule has 2 rings (SSSR count). The molecule has 0 aromatic heterocycles. The fourth-order valence-corrected chi connectivity index (χ4v) is 2.21. The van der Waals surface area contributed by atoms with Crippen LogP contribution in [-0.2, 0) is 0 Å². The van der Waals surface area contributed by atoms with Crippen molar-refractivity contribution in [2.75, 3.05) is 23.9 Å². The number of halogens is 2. The predicted octanol–water partition coefficient (Wildman–Crippen LogP) is 2.01.